The Hall–Kier alpha value is -0.340. The van der Waals surface area contributed by atoms with Gasteiger partial charge in [0.2, 0.25) is 0 Å². The summed E-state index contributed by atoms with van der Waals surface area (Å²) in [6, 6.07) is 0. The van der Waals surface area contributed by atoms with Crippen LogP contribution >= 0.6 is 0 Å². The van der Waals surface area contributed by atoms with Gasteiger partial charge in [-0.15, -0.1) is 6.58 Å². The molecule has 16 heavy (non-hydrogen) atoms. The van der Waals surface area contributed by atoms with E-state index in [9.17, 15) is 10.2 Å². The van der Waals surface area contributed by atoms with Crippen molar-refractivity contribution in [2.45, 2.75) is 64.6 Å². The van der Waals surface area contributed by atoms with E-state index in [1.54, 1.807) is 13.0 Å². The van der Waals surface area contributed by atoms with Crippen LogP contribution in [0.3, 0.4) is 0 Å². The molecule has 0 bridgehead atoms. The quantitative estimate of drug-likeness (QED) is 0.711. The molecule has 0 spiro atoms. The smallest absolute Gasteiger partial charge is 0.0964 e. The molecular formula is C14H26O2. The van der Waals surface area contributed by atoms with E-state index in [0.717, 1.165) is 6.42 Å². The number of aliphatic hydroxyl groups is 2. The van der Waals surface area contributed by atoms with Gasteiger partial charge in [-0.25, -0.2) is 0 Å². The van der Waals surface area contributed by atoms with Crippen molar-refractivity contribution in [3.05, 3.63) is 12.7 Å². The second kappa shape index (κ2) is 4.15. The van der Waals surface area contributed by atoms with E-state index in [0.29, 0.717) is 25.2 Å². The van der Waals surface area contributed by atoms with Crippen LogP contribution in [0, 0.1) is 11.3 Å². The fourth-order valence-electron chi connectivity index (χ4n) is 2.75. The lowest BCUT2D eigenvalue weighted by Gasteiger charge is -2.50. The molecule has 0 unspecified atom stereocenters. The van der Waals surface area contributed by atoms with Gasteiger partial charge in [-0.05, 0) is 43.9 Å². The van der Waals surface area contributed by atoms with Crippen LogP contribution < -0.4 is 0 Å². The van der Waals surface area contributed by atoms with Crippen LogP contribution in [0.2, 0.25) is 0 Å². The summed E-state index contributed by atoms with van der Waals surface area (Å²) >= 11 is 0. The maximum Gasteiger partial charge on any atom is 0.0964 e. The Bertz CT molecular complexity index is 262. The first kappa shape index (κ1) is 13.7. The number of hydrogen-bond acceptors (Lipinski definition) is 2. The SMILES string of the molecule is C=CC[C@@]1(O)CC[C@H](C(C)(C)C)C[C@]1(C)O. The van der Waals surface area contributed by atoms with Crippen molar-refractivity contribution in [2.24, 2.45) is 11.3 Å². The maximum absolute atomic E-state index is 10.5. The van der Waals surface area contributed by atoms with Gasteiger partial charge in [0.05, 0.1) is 11.2 Å². The highest BCUT2D eigenvalue weighted by Crippen LogP contribution is 2.47. The Labute approximate surface area is 99.4 Å². The molecule has 0 aromatic carbocycles. The van der Waals surface area contributed by atoms with Crippen LogP contribution in [-0.2, 0) is 0 Å². The van der Waals surface area contributed by atoms with Gasteiger partial charge in [0.1, 0.15) is 0 Å². The Morgan fingerprint density at radius 2 is 1.94 bits per heavy atom. The fraction of sp³-hybridized carbons (Fsp3) is 0.857. The minimum atomic E-state index is -1.00. The molecule has 0 aromatic heterocycles. The van der Waals surface area contributed by atoms with Crippen LogP contribution in [0.15, 0.2) is 12.7 Å². The van der Waals surface area contributed by atoms with Gasteiger partial charge in [0, 0.05) is 0 Å². The lowest BCUT2D eigenvalue weighted by molar-refractivity contribution is -0.182. The van der Waals surface area contributed by atoms with Crippen LogP contribution in [0.25, 0.3) is 0 Å². The zero-order valence-corrected chi connectivity index (χ0v) is 11.1. The van der Waals surface area contributed by atoms with E-state index in [-0.39, 0.29) is 5.41 Å². The van der Waals surface area contributed by atoms with Crippen LogP contribution in [0.5, 0.6) is 0 Å². The summed E-state index contributed by atoms with van der Waals surface area (Å²) in [6.45, 7) is 12.0. The first-order valence-electron chi connectivity index (χ1n) is 6.18. The van der Waals surface area contributed by atoms with Crippen molar-refractivity contribution in [3.8, 4) is 0 Å². The molecule has 3 atom stereocenters. The highest BCUT2D eigenvalue weighted by molar-refractivity contribution is 5.05. The minimum absolute atomic E-state index is 0.194. The van der Waals surface area contributed by atoms with Crippen molar-refractivity contribution in [1.82, 2.24) is 0 Å². The third-order valence-electron chi connectivity index (χ3n) is 4.26. The molecule has 2 nitrogen and oxygen atoms in total. The van der Waals surface area contributed by atoms with Crippen molar-refractivity contribution in [3.63, 3.8) is 0 Å². The van der Waals surface area contributed by atoms with E-state index in [1.165, 1.54) is 0 Å². The Morgan fingerprint density at radius 1 is 1.38 bits per heavy atom. The summed E-state index contributed by atoms with van der Waals surface area (Å²) in [7, 11) is 0. The van der Waals surface area contributed by atoms with E-state index in [4.69, 9.17) is 0 Å². The molecule has 0 radical (unpaired) electrons. The van der Waals surface area contributed by atoms with Crippen LogP contribution in [0.1, 0.15) is 53.4 Å². The molecule has 2 N–H and O–H groups in total. The molecule has 1 aliphatic carbocycles. The van der Waals surface area contributed by atoms with Crippen molar-refractivity contribution in [1.29, 1.82) is 0 Å². The lowest BCUT2D eigenvalue weighted by atomic mass is 9.61. The van der Waals surface area contributed by atoms with Crippen LogP contribution in [0.4, 0.5) is 0 Å². The first-order valence-corrected chi connectivity index (χ1v) is 6.18. The highest BCUT2D eigenvalue weighted by atomic mass is 16.4. The van der Waals surface area contributed by atoms with Gasteiger partial charge in [0.25, 0.3) is 0 Å². The van der Waals surface area contributed by atoms with Crippen molar-refractivity contribution in [2.75, 3.05) is 0 Å². The summed E-state index contributed by atoms with van der Waals surface area (Å²) in [5, 5.41) is 20.9. The van der Waals surface area contributed by atoms with Gasteiger partial charge < -0.3 is 10.2 Å². The molecular weight excluding hydrogens is 200 g/mol. The third kappa shape index (κ3) is 2.49. The summed E-state index contributed by atoms with van der Waals surface area (Å²) in [6.07, 6.45) is 4.47. The molecule has 0 heterocycles. The largest absolute Gasteiger partial charge is 0.387 e. The molecule has 1 fully saturated rings. The molecule has 0 amide bonds. The van der Waals surface area contributed by atoms with Gasteiger partial charge in [0.15, 0.2) is 0 Å². The minimum Gasteiger partial charge on any atom is -0.387 e. The van der Waals surface area contributed by atoms with Gasteiger partial charge in [-0.1, -0.05) is 26.8 Å². The zero-order chi connectivity index (χ0) is 12.6. The van der Waals surface area contributed by atoms with E-state index in [2.05, 4.69) is 27.4 Å². The molecule has 0 aromatic rings. The van der Waals surface area contributed by atoms with Crippen molar-refractivity contribution < 1.29 is 10.2 Å². The standard InChI is InChI=1S/C14H26O2/c1-6-8-14(16)9-7-11(12(2,3)4)10-13(14,5)15/h6,11,15-16H,1,7-10H2,2-5H3/t11-,13-,14+/m0/s1. The molecule has 1 rings (SSSR count). The molecule has 0 aliphatic heterocycles. The predicted octanol–water partition coefficient (Wildman–Crippen LogP) is 2.89. The molecule has 0 saturated heterocycles. The van der Waals surface area contributed by atoms with Gasteiger partial charge in [-0.2, -0.15) is 0 Å². The summed E-state index contributed by atoms with van der Waals surface area (Å²) < 4.78 is 0. The highest BCUT2D eigenvalue weighted by Gasteiger charge is 2.50. The Kier molecular flexibility index (Phi) is 3.56. The predicted molar refractivity (Wildman–Crippen MR) is 67.2 cm³/mol. The fourth-order valence-corrected chi connectivity index (χ4v) is 2.75. The third-order valence-corrected chi connectivity index (χ3v) is 4.26. The molecule has 94 valence electrons. The van der Waals surface area contributed by atoms with Gasteiger partial charge in [-0.3, -0.25) is 0 Å². The van der Waals surface area contributed by atoms with Crippen LogP contribution in [-0.4, -0.2) is 21.4 Å². The van der Waals surface area contributed by atoms with Gasteiger partial charge >= 0.3 is 0 Å². The van der Waals surface area contributed by atoms with E-state index >= 15 is 0 Å². The Balaban J connectivity index is 2.84. The number of rotatable bonds is 2. The zero-order valence-electron chi connectivity index (χ0n) is 11.1. The molecule has 2 heteroatoms. The topological polar surface area (TPSA) is 40.5 Å². The normalized spacial score (nSPS) is 40.8. The molecule has 1 aliphatic rings. The number of hydrogen-bond donors (Lipinski definition) is 2. The summed E-state index contributed by atoms with van der Waals surface area (Å²) in [5.74, 6) is 0.465. The average Bonchev–Trinajstić information content (AvgIpc) is 2.08. The summed E-state index contributed by atoms with van der Waals surface area (Å²) in [5.41, 5.74) is -1.80. The maximum atomic E-state index is 10.5. The van der Waals surface area contributed by atoms with Crippen molar-refractivity contribution >= 4 is 0 Å². The second-order valence-electron chi connectivity index (χ2n) is 6.60. The lowest BCUT2D eigenvalue weighted by Crippen LogP contribution is -2.57. The Morgan fingerprint density at radius 3 is 2.31 bits per heavy atom. The van der Waals surface area contributed by atoms with E-state index in [1.807, 2.05) is 0 Å². The molecule has 1 saturated carbocycles. The average molecular weight is 226 g/mol. The summed E-state index contributed by atoms with van der Waals surface area (Å²) in [4.78, 5) is 0. The second-order valence-corrected chi connectivity index (χ2v) is 6.60. The first-order chi connectivity index (χ1) is 7.12. The van der Waals surface area contributed by atoms with E-state index < -0.39 is 11.2 Å². The monoisotopic (exact) mass is 226 g/mol.